The minimum absolute atomic E-state index is 0.0535. The lowest BCUT2D eigenvalue weighted by Gasteiger charge is -2.15. The first-order chi connectivity index (χ1) is 18.8. The molecule has 2 heterocycles. The van der Waals surface area contributed by atoms with E-state index in [1.165, 1.54) is 47.4 Å². The van der Waals surface area contributed by atoms with Gasteiger partial charge in [-0.25, -0.2) is 9.69 Å². The molecule has 1 atom stereocenters. The largest absolute Gasteiger partial charge is 0.452 e. The molecule has 0 saturated carbocycles. The van der Waals surface area contributed by atoms with Gasteiger partial charge in [-0.05, 0) is 73.7 Å². The minimum atomic E-state index is -0.725. The number of fused-ring (bicyclic) bond motifs is 1. The summed E-state index contributed by atoms with van der Waals surface area (Å²) < 4.78 is 5.15. The van der Waals surface area contributed by atoms with Crippen LogP contribution in [0.15, 0.2) is 53.4 Å². The lowest BCUT2D eigenvalue weighted by molar-refractivity contribution is -0.121. The fraction of sp³-hybridized carbons (Fsp3) is 0.250. The average molecular weight is 561 g/mol. The number of thiophene rings is 1. The molecule has 9 nitrogen and oxygen atoms in total. The molecule has 3 amide bonds. The number of nitrogens with zero attached hydrogens (tertiary/aromatic N) is 2. The van der Waals surface area contributed by atoms with Crippen molar-refractivity contribution in [3.63, 3.8) is 0 Å². The van der Waals surface area contributed by atoms with Crippen molar-refractivity contribution >= 4 is 63.2 Å². The van der Waals surface area contributed by atoms with Gasteiger partial charge < -0.3 is 15.8 Å². The number of anilines is 3. The first kappa shape index (κ1) is 26.5. The number of aryl methyl sites for hydroxylation is 1. The highest BCUT2D eigenvalue weighted by molar-refractivity contribution is 8.00. The molecular weight excluding hydrogens is 536 g/mol. The van der Waals surface area contributed by atoms with E-state index in [9.17, 15) is 24.4 Å². The Morgan fingerprint density at radius 1 is 1.15 bits per heavy atom. The number of rotatable bonds is 7. The Balaban J connectivity index is 1.17. The number of hydrogen-bond acceptors (Lipinski definition) is 9. The van der Waals surface area contributed by atoms with Crippen molar-refractivity contribution in [2.75, 3.05) is 22.6 Å². The number of carbonyl (C=O) groups excluding carboxylic acids is 4. The molecule has 39 heavy (non-hydrogen) atoms. The van der Waals surface area contributed by atoms with E-state index in [0.717, 1.165) is 45.9 Å². The molecule has 2 aromatic carbocycles. The van der Waals surface area contributed by atoms with Crippen molar-refractivity contribution in [3.05, 3.63) is 70.1 Å². The maximum absolute atomic E-state index is 13.0. The summed E-state index contributed by atoms with van der Waals surface area (Å²) in [5.41, 5.74) is 8.39. The highest BCUT2D eigenvalue weighted by Crippen LogP contribution is 2.38. The molecular formula is C28H24N4O5S2. The van der Waals surface area contributed by atoms with E-state index in [0.29, 0.717) is 21.9 Å². The number of benzene rings is 2. The summed E-state index contributed by atoms with van der Waals surface area (Å²) in [4.78, 5) is 53.6. The van der Waals surface area contributed by atoms with Crippen LogP contribution in [0.5, 0.6) is 0 Å². The lowest BCUT2D eigenvalue weighted by Crippen LogP contribution is -2.31. The van der Waals surface area contributed by atoms with E-state index < -0.39 is 23.7 Å². The fourth-order valence-corrected chi connectivity index (χ4v) is 6.99. The topological polar surface area (TPSA) is 143 Å². The maximum Gasteiger partial charge on any atom is 0.338 e. The summed E-state index contributed by atoms with van der Waals surface area (Å²) in [6, 6.07) is 15.2. The number of nitriles is 1. The second-order valence-corrected chi connectivity index (χ2v) is 11.5. The van der Waals surface area contributed by atoms with Crippen molar-refractivity contribution in [1.82, 2.24) is 0 Å². The van der Waals surface area contributed by atoms with Gasteiger partial charge in [0.25, 0.3) is 5.91 Å². The van der Waals surface area contributed by atoms with E-state index in [1.54, 1.807) is 18.2 Å². The Bertz CT molecular complexity index is 1510. The van der Waals surface area contributed by atoms with Crippen LogP contribution in [-0.4, -0.2) is 35.5 Å². The number of nitrogens with two attached hydrogens (primary N) is 1. The molecule has 1 saturated heterocycles. The summed E-state index contributed by atoms with van der Waals surface area (Å²) in [5.74, 6) is -1.93. The first-order valence-electron chi connectivity index (χ1n) is 12.3. The number of nitrogen functional groups attached to an aromatic ring is 1. The highest BCUT2D eigenvalue weighted by Gasteiger charge is 2.40. The monoisotopic (exact) mass is 560 g/mol. The zero-order valence-corrected chi connectivity index (χ0v) is 22.4. The van der Waals surface area contributed by atoms with Gasteiger partial charge in [0.2, 0.25) is 11.8 Å². The summed E-state index contributed by atoms with van der Waals surface area (Å²) in [6.45, 7) is -0.514. The predicted octanol–water partition coefficient (Wildman–Crippen LogP) is 4.30. The molecule has 1 unspecified atom stereocenters. The van der Waals surface area contributed by atoms with E-state index in [1.807, 2.05) is 6.07 Å². The first-order valence-corrected chi connectivity index (χ1v) is 14.0. The Kier molecular flexibility index (Phi) is 7.67. The van der Waals surface area contributed by atoms with E-state index in [2.05, 4.69) is 11.4 Å². The van der Waals surface area contributed by atoms with Gasteiger partial charge in [0.15, 0.2) is 6.61 Å². The van der Waals surface area contributed by atoms with Crippen LogP contribution in [-0.2, 0) is 32.0 Å². The molecule has 1 aliphatic heterocycles. The Morgan fingerprint density at radius 2 is 1.92 bits per heavy atom. The number of ether oxygens (including phenoxy) is 1. The van der Waals surface area contributed by atoms with E-state index in [4.69, 9.17) is 10.5 Å². The Hall–Kier alpha value is -4.14. The van der Waals surface area contributed by atoms with Crippen LogP contribution in [0.1, 0.15) is 45.6 Å². The van der Waals surface area contributed by atoms with Crippen LogP contribution >= 0.6 is 23.1 Å². The third-order valence-corrected chi connectivity index (χ3v) is 8.86. The zero-order valence-electron chi connectivity index (χ0n) is 20.8. The normalized spacial score (nSPS) is 16.5. The van der Waals surface area contributed by atoms with Gasteiger partial charge in [0.05, 0.1) is 22.1 Å². The summed E-state index contributed by atoms with van der Waals surface area (Å²) >= 11 is 2.68. The molecule has 3 N–H and O–H groups in total. The van der Waals surface area contributed by atoms with Crippen LogP contribution in [0.2, 0.25) is 0 Å². The third-order valence-electron chi connectivity index (χ3n) is 6.47. The second-order valence-electron chi connectivity index (χ2n) is 9.15. The van der Waals surface area contributed by atoms with Gasteiger partial charge >= 0.3 is 5.97 Å². The summed E-state index contributed by atoms with van der Waals surface area (Å²) in [7, 11) is 0. The molecule has 1 aromatic heterocycles. The highest BCUT2D eigenvalue weighted by atomic mass is 32.2. The van der Waals surface area contributed by atoms with Gasteiger partial charge in [-0.3, -0.25) is 14.4 Å². The molecule has 1 fully saturated rings. The molecule has 0 bridgehead atoms. The van der Waals surface area contributed by atoms with Crippen LogP contribution in [0.25, 0.3) is 0 Å². The number of nitrogens with one attached hydrogen (secondary N) is 1. The Labute approximate surface area is 232 Å². The molecule has 3 aromatic rings. The molecule has 198 valence electrons. The SMILES string of the molecule is N#Cc1c(NC(=O)COC(=O)c2ccc(N3C(=O)CC(Sc4cccc(N)c4)C3=O)cc2)sc2c1CCCC2. The van der Waals surface area contributed by atoms with Crippen LogP contribution < -0.4 is 16.0 Å². The van der Waals surface area contributed by atoms with Crippen molar-refractivity contribution in [2.45, 2.75) is 42.2 Å². The molecule has 2 aliphatic rings. The van der Waals surface area contributed by atoms with Gasteiger partial charge in [-0.15, -0.1) is 23.1 Å². The van der Waals surface area contributed by atoms with Gasteiger partial charge in [-0.2, -0.15) is 5.26 Å². The number of carbonyl (C=O) groups is 4. The number of imide groups is 1. The smallest absolute Gasteiger partial charge is 0.338 e. The molecule has 0 spiro atoms. The minimum Gasteiger partial charge on any atom is -0.452 e. The summed E-state index contributed by atoms with van der Waals surface area (Å²) in [6.07, 6.45) is 3.85. The zero-order chi connectivity index (χ0) is 27.5. The molecule has 1 aliphatic carbocycles. The van der Waals surface area contributed by atoms with E-state index in [-0.39, 0.29) is 23.8 Å². The maximum atomic E-state index is 13.0. The number of thioether (sulfide) groups is 1. The van der Waals surface area contributed by atoms with Crippen molar-refractivity contribution in [3.8, 4) is 6.07 Å². The number of hydrogen-bond donors (Lipinski definition) is 2. The quantitative estimate of drug-likeness (QED) is 0.247. The number of esters is 1. The number of amides is 3. The molecule has 5 rings (SSSR count). The van der Waals surface area contributed by atoms with Crippen molar-refractivity contribution in [1.29, 1.82) is 5.26 Å². The fourth-order valence-electron chi connectivity index (χ4n) is 4.62. The second kappa shape index (κ2) is 11.3. The standard InChI is InChI=1S/C28H24N4O5S2/c29-14-21-20-6-1-2-7-22(20)39-26(21)31-24(33)15-37-28(36)16-8-10-18(11-9-16)32-25(34)13-23(27(32)35)38-19-5-3-4-17(30)12-19/h3-5,8-12,23H,1-2,6-7,13,15,30H2,(H,31,33). The molecule has 11 heteroatoms. The average Bonchev–Trinajstić information content (AvgIpc) is 3.42. The van der Waals surface area contributed by atoms with Crippen molar-refractivity contribution in [2.24, 2.45) is 0 Å². The van der Waals surface area contributed by atoms with Crippen molar-refractivity contribution < 1.29 is 23.9 Å². The third kappa shape index (κ3) is 5.67. The Morgan fingerprint density at radius 3 is 2.67 bits per heavy atom. The predicted molar refractivity (Wildman–Crippen MR) is 149 cm³/mol. The van der Waals surface area contributed by atoms with Crippen LogP contribution in [0.4, 0.5) is 16.4 Å². The summed E-state index contributed by atoms with van der Waals surface area (Å²) in [5, 5.41) is 12.1. The van der Waals surface area contributed by atoms with Crippen LogP contribution in [0.3, 0.4) is 0 Å². The molecule has 0 radical (unpaired) electrons. The lowest BCUT2D eigenvalue weighted by atomic mass is 9.96. The van der Waals surface area contributed by atoms with Gasteiger partial charge in [0, 0.05) is 21.9 Å². The van der Waals surface area contributed by atoms with Gasteiger partial charge in [0.1, 0.15) is 11.1 Å². The van der Waals surface area contributed by atoms with E-state index >= 15 is 0 Å². The van der Waals surface area contributed by atoms with Crippen LogP contribution in [0, 0.1) is 11.3 Å². The van der Waals surface area contributed by atoms with Gasteiger partial charge in [-0.1, -0.05) is 6.07 Å².